The van der Waals surface area contributed by atoms with Crippen molar-refractivity contribution in [1.29, 1.82) is 0 Å². The number of hydrogen-bond acceptors (Lipinski definition) is 5. The first-order valence-electron chi connectivity index (χ1n) is 10.3. The van der Waals surface area contributed by atoms with Crippen LogP contribution in [-0.4, -0.2) is 37.9 Å². The molecule has 0 radical (unpaired) electrons. The summed E-state index contributed by atoms with van der Waals surface area (Å²) in [6, 6.07) is 22.7. The van der Waals surface area contributed by atoms with Crippen LogP contribution in [0.25, 0.3) is 0 Å². The molecular formula is C24H23N3O4S. The number of amides is 1. The minimum atomic E-state index is -3.59. The van der Waals surface area contributed by atoms with Crippen LogP contribution in [0.2, 0.25) is 0 Å². The van der Waals surface area contributed by atoms with E-state index in [4.69, 9.17) is 4.74 Å². The van der Waals surface area contributed by atoms with Crippen molar-refractivity contribution in [3.8, 4) is 11.5 Å². The lowest BCUT2D eigenvalue weighted by Crippen LogP contribution is -2.28. The summed E-state index contributed by atoms with van der Waals surface area (Å²) in [6.45, 7) is 1.02. The second-order valence-corrected chi connectivity index (χ2v) is 9.26. The van der Waals surface area contributed by atoms with E-state index in [0.29, 0.717) is 18.8 Å². The average Bonchev–Trinajstić information content (AvgIpc) is 3.36. The molecule has 32 heavy (non-hydrogen) atoms. The lowest BCUT2D eigenvalue weighted by atomic mass is 10.2. The maximum absolute atomic E-state index is 12.7. The summed E-state index contributed by atoms with van der Waals surface area (Å²) in [7, 11) is -3.59. The topological polar surface area (TPSA) is 88.1 Å². The Kier molecular flexibility index (Phi) is 6.63. The minimum Gasteiger partial charge on any atom is -0.457 e. The number of carbonyl (C=O) groups is 1. The zero-order valence-electron chi connectivity index (χ0n) is 17.3. The van der Waals surface area contributed by atoms with Gasteiger partial charge in [0.25, 0.3) is 5.91 Å². The molecule has 0 spiro atoms. The number of carbonyl (C=O) groups excluding carboxylic acids is 1. The van der Waals surface area contributed by atoms with Gasteiger partial charge in [-0.25, -0.2) is 13.8 Å². The minimum absolute atomic E-state index is 0.113. The van der Waals surface area contributed by atoms with E-state index in [9.17, 15) is 13.2 Å². The van der Waals surface area contributed by atoms with E-state index in [1.165, 1.54) is 22.7 Å². The van der Waals surface area contributed by atoms with Gasteiger partial charge in [0.1, 0.15) is 11.5 Å². The SMILES string of the molecule is O=C(NN=Cc1cccc(Oc2ccccc2)c1)c1cccc(S(=O)(=O)N2CCCC2)c1. The molecule has 1 N–H and O–H groups in total. The number of nitrogens with one attached hydrogen (secondary N) is 1. The van der Waals surface area contributed by atoms with Gasteiger partial charge in [-0.05, 0) is 60.9 Å². The molecule has 7 nitrogen and oxygen atoms in total. The zero-order valence-corrected chi connectivity index (χ0v) is 18.2. The summed E-state index contributed by atoms with van der Waals surface area (Å²) in [6.07, 6.45) is 3.21. The largest absolute Gasteiger partial charge is 0.457 e. The van der Waals surface area contributed by atoms with Gasteiger partial charge in [0, 0.05) is 18.7 Å². The van der Waals surface area contributed by atoms with Gasteiger partial charge in [0.05, 0.1) is 11.1 Å². The third-order valence-electron chi connectivity index (χ3n) is 5.02. The fourth-order valence-corrected chi connectivity index (χ4v) is 4.95. The highest BCUT2D eigenvalue weighted by Gasteiger charge is 2.27. The van der Waals surface area contributed by atoms with E-state index < -0.39 is 15.9 Å². The van der Waals surface area contributed by atoms with Crippen molar-refractivity contribution in [1.82, 2.24) is 9.73 Å². The molecule has 1 fully saturated rings. The molecule has 164 valence electrons. The van der Waals surface area contributed by atoms with Gasteiger partial charge in [0.2, 0.25) is 10.0 Å². The number of sulfonamides is 1. The van der Waals surface area contributed by atoms with E-state index in [0.717, 1.165) is 24.2 Å². The fourth-order valence-electron chi connectivity index (χ4n) is 3.39. The van der Waals surface area contributed by atoms with Crippen molar-refractivity contribution in [2.45, 2.75) is 17.7 Å². The van der Waals surface area contributed by atoms with Crippen molar-refractivity contribution < 1.29 is 17.9 Å². The zero-order chi connectivity index (χ0) is 22.4. The highest BCUT2D eigenvalue weighted by atomic mass is 32.2. The van der Waals surface area contributed by atoms with Crippen LogP contribution in [0.15, 0.2) is 88.9 Å². The first-order valence-corrected chi connectivity index (χ1v) is 11.7. The molecule has 4 rings (SSSR count). The molecule has 0 aromatic heterocycles. The summed E-state index contributed by atoms with van der Waals surface area (Å²) in [4.78, 5) is 12.6. The molecule has 8 heteroatoms. The number of hydrazone groups is 1. The first-order chi connectivity index (χ1) is 15.5. The predicted octanol–water partition coefficient (Wildman–Crippen LogP) is 4.03. The molecule has 0 unspecified atom stereocenters. The molecule has 1 saturated heterocycles. The van der Waals surface area contributed by atoms with Crippen LogP contribution in [0, 0.1) is 0 Å². The van der Waals surface area contributed by atoms with Crippen LogP contribution >= 0.6 is 0 Å². The molecule has 3 aromatic rings. The molecular weight excluding hydrogens is 426 g/mol. The predicted molar refractivity (Wildman–Crippen MR) is 122 cm³/mol. The van der Waals surface area contributed by atoms with E-state index in [1.54, 1.807) is 18.2 Å². The maximum atomic E-state index is 12.7. The second-order valence-electron chi connectivity index (χ2n) is 7.33. The molecule has 0 saturated carbocycles. The quantitative estimate of drug-likeness (QED) is 0.436. The number of para-hydroxylation sites is 1. The summed E-state index contributed by atoms with van der Waals surface area (Å²) < 4.78 is 32.7. The van der Waals surface area contributed by atoms with Crippen LogP contribution in [0.3, 0.4) is 0 Å². The van der Waals surface area contributed by atoms with E-state index >= 15 is 0 Å². The Bertz CT molecular complexity index is 1220. The van der Waals surface area contributed by atoms with Gasteiger partial charge < -0.3 is 4.74 Å². The van der Waals surface area contributed by atoms with E-state index in [1.807, 2.05) is 48.5 Å². The number of ether oxygens (including phenoxy) is 1. The Hall–Kier alpha value is -3.49. The Morgan fingerprint density at radius 3 is 2.41 bits per heavy atom. The lowest BCUT2D eigenvalue weighted by Gasteiger charge is -2.15. The van der Waals surface area contributed by atoms with Crippen LogP contribution in [0.1, 0.15) is 28.8 Å². The van der Waals surface area contributed by atoms with Crippen molar-refractivity contribution in [3.63, 3.8) is 0 Å². The molecule has 1 aliphatic rings. The first kappa shape index (κ1) is 21.7. The standard InChI is InChI=1S/C24H23N3O4S/c28-24(20-9-7-13-23(17-20)32(29,30)27-14-4-5-15-27)26-25-18-19-8-6-12-22(16-19)31-21-10-2-1-3-11-21/h1-3,6-13,16-18H,4-5,14-15H2,(H,26,28). The Morgan fingerprint density at radius 2 is 1.62 bits per heavy atom. The third-order valence-corrected chi connectivity index (χ3v) is 6.91. The Morgan fingerprint density at radius 1 is 0.906 bits per heavy atom. The van der Waals surface area contributed by atoms with Crippen molar-refractivity contribution in [3.05, 3.63) is 90.0 Å². The van der Waals surface area contributed by atoms with Crippen LogP contribution in [-0.2, 0) is 10.0 Å². The fraction of sp³-hybridized carbons (Fsp3) is 0.167. The maximum Gasteiger partial charge on any atom is 0.271 e. The molecule has 1 heterocycles. The number of rotatable bonds is 7. The Balaban J connectivity index is 1.41. The highest BCUT2D eigenvalue weighted by Crippen LogP contribution is 2.22. The van der Waals surface area contributed by atoms with Gasteiger partial charge in [-0.3, -0.25) is 4.79 Å². The third kappa shape index (κ3) is 5.22. The summed E-state index contributed by atoms with van der Waals surface area (Å²) in [5.41, 5.74) is 3.41. The molecule has 0 atom stereocenters. The van der Waals surface area contributed by atoms with Crippen LogP contribution in [0.4, 0.5) is 0 Å². The highest BCUT2D eigenvalue weighted by molar-refractivity contribution is 7.89. The van der Waals surface area contributed by atoms with Crippen molar-refractivity contribution in [2.24, 2.45) is 5.10 Å². The Labute approximate surface area is 187 Å². The van der Waals surface area contributed by atoms with Gasteiger partial charge >= 0.3 is 0 Å². The molecule has 0 aliphatic carbocycles. The second kappa shape index (κ2) is 9.76. The molecule has 1 aliphatic heterocycles. The molecule has 0 bridgehead atoms. The molecule has 3 aromatic carbocycles. The molecule has 1 amide bonds. The smallest absolute Gasteiger partial charge is 0.271 e. The summed E-state index contributed by atoms with van der Waals surface area (Å²) >= 11 is 0. The van der Waals surface area contributed by atoms with Crippen LogP contribution in [0.5, 0.6) is 11.5 Å². The monoisotopic (exact) mass is 449 g/mol. The average molecular weight is 450 g/mol. The normalized spacial score (nSPS) is 14.5. The number of benzene rings is 3. The van der Waals surface area contributed by atoms with Crippen LogP contribution < -0.4 is 10.2 Å². The summed E-state index contributed by atoms with van der Waals surface area (Å²) in [5, 5.41) is 4.00. The van der Waals surface area contributed by atoms with E-state index in [-0.39, 0.29) is 10.5 Å². The van der Waals surface area contributed by atoms with Gasteiger partial charge in [-0.15, -0.1) is 0 Å². The van der Waals surface area contributed by atoms with Crippen molar-refractivity contribution in [2.75, 3.05) is 13.1 Å². The number of nitrogens with zero attached hydrogens (tertiary/aromatic N) is 2. The van der Waals surface area contributed by atoms with Gasteiger partial charge in [0.15, 0.2) is 0 Å². The van der Waals surface area contributed by atoms with Gasteiger partial charge in [-0.1, -0.05) is 36.4 Å². The number of hydrogen-bond donors (Lipinski definition) is 1. The summed E-state index contributed by atoms with van der Waals surface area (Å²) in [5.74, 6) is 0.876. The lowest BCUT2D eigenvalue weighted by molar-refractivity contribution is 0.0955. The van der Waals surface area contributed by atoms with Crippen molar-refractivity contribution >= 4 is 22.1 Å². The van der Waals surface area contributed by atoms with Gasteiger partial charge in [-0.2, -0.15) is 9.41 Å². The van der Waals surface area contributed by atoms with E-state index in [2.05, 4.69) is 10.5 Å².